The fourth-order valence-corrected chi connectivity index (χ4v) is 3.51. The highest BCUT2D eigenvalue weighted by molar-refractivity contribution is 7.80. The number of rotatable bonds is 5. The van der Waals surface area contributed by atoms with Gasteiger partial charge in [0, 0.05) is 12.0 Å². The van der Waals surface area contributed by atoms with Crippen molar-refractivity contribution in [2.45, 2.75) is 38.8 Å². The van der Waals surface area contributed by atoms with E-state index < -0.39 is 0 Å². The molecule has 2 aromatic rings. The standard InChI is InChI=1S/C21H26N2O3S/c1-5-25-19-9-7-6-8-16(19)22-20(27)23-17-13-21(2,3)26-18-11-10-14(24-4)12-15(17)18/h6-12,17H,5,13H2,1-4H3,(H2,22,23,27). The fourth-order valence-electron chi connectivity index (χ4n) is 3.26. The summed E-state index contributed by atoms with van der Waals surface area (Å²) in [6, 6.07) is 13.6. The van der Waals surface area contributed by atoms with Gasteiger partial charge in [0.05, 0.1) is 25.4 Å². The minimum absolute atomic E-state index is 0.0121. The van der Waals surface area contributed by atoms with Gasteiger partial charge in [-0.2, -0.15) is 0 Å². The zero-order chi connectivity index (χ0) is 19.4. The topological polar surface area (TPSA) is 51.8 Å². The van der Waals surface area contributed by atoms with Crippen molar-refractivity contribution in [1.29, 1.82) is 0 Å². The Morgan fingerprint density at radius 1 is 1.26 bits per heavy atom. The highest BCUT2D eigenvalue weighted by atomic mass is 32.1. The average Bonchev–Trinajstić information content (AvgIpc) is 2.62. The zero-order valence-corrected chi connectivity index (χ0v) is 17.0. The number of methoxy groups -OCH3 is 1. The Bertz CT molecular complexity index is 823. The molecule has 0 amide bonds. The summed E-state index contributed by atoms with van der Waals surface area (Å²) in [5, 5.41) is 7.22. The first-order chi connectivity index (χ1) is 12.9. The maximum absolute atomic E-state index is 6.12. The first-order valence-electron chi connectivity index (χ1n) is 9.08. The van der Waals surface area contributed by atoms with Crippen LogP contribution in [-0.2, 0) is 0 Å². The third-order valence-electron chi connectivity index (χ3n) is 4.41. The third-order valence-corrected chi connectivity index (χ3v) is 4.63. The van der Waals surface area contributed by atoms with Crippen LogP contribution in [0.3, 0.4) is 0 Å². The molecule has 27 heavy (non-hydrogen) atoms. The lowest BCUT2D eigenvalue weighted by Gasteiger charge is -2.38. The van der Waals surface area contributed by atoms with Crippen molar-refractivity contribution in [3.8, 4) is 17.2 Å². The molecule has 1 aliphatic rings. The lowest BCUT2D eigenvalue weighted by Crippen LogP contribution is -2.42. The van der Waals surface area contributed by atoms with Crippen LogP contribution in [0.4, 0.5) is 5.69 Å². The van der Waals surface area contributed by atoms with E-state index in [1.54, 1.807) is 7.11 Å². The van der Waals surface area contributed by atoms with E-state index in [4.69, 9.17) is 26.4 Å². The van der Waals surface area contributed by atoms with Crippen molar-refractivity contribution in [3.05, 3.63) is 48.0 Å². The summed E-state index contributed by atoms with van der Waals surface area (Å²) in [5.41, 5.74) is 1.59. The Hall–Kier alpha value is -2.47. The predicted molar refractivity (Wildman–Crippen MR) is 112 cm³/mol. The lowest BCUT2D eigenvalue weighted by molar-refractivity contribution is 0.0695. The molecule has 144 valence electrons. The number of fused-ring (bicyclic) bond motifs is 1. The second-order valence-electron chi connectivity index (χ2n) is 7.05. The van der Waals surface area contributed by atoms with E-state index in [1.807, 2.05) is 49.4 Å². The second-order valence-corrected chi connectivity index (χ2v) is 7.46. The van der Waals surface area contributed by atoms with Crippen LogP contribution < -0.4 is 24.8 Å². The van der Waals surface area contributed by atoms with Gasteiger partial charge in [0.1, 0.15) is 22.8 Å². The maximum Gasteiger partial charge on any atom is 0.171 e. The van der Waals surface area contributed by atoms with Gasteiger partial charge >= 0.3 is 0 Å². The molecule has 1 heterocycles. The molecule has 6 heteroatoms. The Morgan fingerprint density at radius 2 is 2.04 bits per heavy atom. The van der Waals surface area contributed by atoms with Gasteiger partial charge < -0.3 is 24.8 Å². The summed E-state index contributed by atoms with van der Waals surface area (Å²) < 4.78 is 17.2. The Morgan fingerprint density at radius 3 is 2.78 bits per heavy atom. The molecule has 0 spiro atoms. The van der Waals surface area contributed by atoms with Crippen LogP contribution in [0.15, 0.2) is 42.5 Å². The number of ether oxygens (including phenoxy) is 3. The molecule has 1 aliphatic heterocycles. The molecule has 5 nitrogen and oxygen atoms in total. The molecule has 0 aliphatic carbocycles. The molecule has 2 N–H and O–H groups in total. The molecule has 1 atom stereocenters. The van der Waals surface area contributed by atoms with Crippen LogP contribution >= 0.6 is 12.2 Å². The third kappa shape index (κ3) is 4.63. The molecule has 0 fully saturated rings. The summed E-state index contributed by atoms with van der Waals surface area (Å²) in [6.07, 6.45) is 0.780. The largest absolute Gasteiger partial charge is 0.497 e. The van der Waals surface area contributed by atoms with Gasteiger partial charge in [-0.3, -0.25) is 0 Å². The maximum atomic E-state index is 6.12. The SMILES string of the molecule is CCOc1ccccc1NC(=S)NC1CC(C)(C)Oc2ccc(OC)cc21. The molecular weight excluding hydrogens is 360 g/mol. The minimum atomic E-state index is -0.294. The van der Waals surface area contributed by atoms with Gasteiger partial charge in [0.2, 0.25) is 0 Å². The molecule has 0 saturated carbocycles. The Balaban J connectivity index is 1.80. The highest BCUT2D eigenvalue weighted by Crippen LogP contribution is 2.41. The number of para-hydroxylation sites is 2. The van der Waals surface area contributed by atoms with Crippen LogP contribution in [0.5, 0.6) is 17.2 Å². The smallest absolute Gasteiger partial charge is 0.171 e. The number of hydrogen-bond donors (Lipinski definition) is 2. The van der Waals surface area contributed by atoms with E-state index in [0.717, 1.165) is 34.9 Å². The number of nitrogens with one attached hydrogen (secondary N) is 2. The van der Waals surface area contributed by atoms with E-state index in [1.165, 1.54) is 0 Å². The van der Waals surface area contributed by atoms with Crippen molar-refractivity contribution < 1.29 is 14.2 Å². The van der Waals surface area contributed by atoms with Crippen molar-refractivity contribution in [2.24, 2.45) is 0 Å². The van der Waals surface area contributed by atoms with E-state index in [0.29, 0.717) is 11.7 Å². The van der Waals surface area contributed by atoms with Gasteiger partial charge in [0.15, 0.2) is 5.11 Å². The molecule has 2 aromatic carbocycles. The van der Waals surface area contributed by atoms with E-state index in [-0.39, 0.29) is 11.6 Å². The minimum Gasteiger partial charge on any atom is -0.497 e. The van der Waals surface area contributed by atoms with Gasteiger partial charge in [-0.05, 0) is 63.3 Å². The predicted octanol–water partition coefficient (Wildman–Crippen LogP) is 4.68. The van der Waals surface area contributed by atoms with E-state index in [2.05, 4.69) is 24.5 Å². The van der Waals surface area contributed by atoms with Crippen LogP contribution in [0.2, 0.25) is 0 Å². The van der Waals surface area contributed by atoms with Gasteiger partial charge in [0.25, 0.3) is 0 Å². The number of hydrogen-bond acceptors (Lipinski definition) is 4. The van der Waals surface area contributed by atoms with Crippen LogP contribution in [0.1, 0.15) is 38.8 Å². The zero-order valence-electron chi connectivity index (χ0n) is 16.2. The number of benzene rings is 2. The first-order valence-corrected chi connectivity index (χ1v) is 9.49. The highest BCUT2D eigenvalue weighted by Gasteiger charge is 2.34. The van der Waals surface area contributed by atoms with Crippen LogP contribution in [0, 0.1) is 0 Å². The average molecular weight is 387 g/mol. The Labute approximate surface area is 166 Å². The summed E-state index contributed by atoms with van der Waals surface area (Å²) in [5.74, 6) is 2.42. The van der Waals surface area contributed by atoms with E-state index >= 15 is 0 Å². The van der Waals surface area contributed by atoms with Gasteiger partial charge in [-0.1, -0.05) is 12.1 Å². The molecule has 1 unspecified atom stereocenters. The van der Waals surface area contributed by atoms with Crippen molar-refractivity contribution >= 4 is 23.0 Å². The van der Waals surface area contributed by atoms with Gasteiger partial charge in [-0.15, -0.1) is 0 Å². The monoisotopic (exact) mass is 386 g/mol. The molecule has 0 bridgehead atoms. The first kappa shape index (κ1) is 19.3. The van der Waals surface area contributed by atoms with Crippen molar-refractivity contribution in [1.82, 2.24) is 5.32 Å². The normalized spacial score (nSPS) is 17.3. The summed E-state index contributed by atoms with van der Waals surface area (Å²) in [6.45, 7) is 6.72. The quantitative estimate of drug-likeness (QED) is 0.728. The van der Waals surface area contributed by atoms with E-state index in [9.17, 15) is 0 Å². The summed E-state index contributed by atoms with van der Waals surface area (Å²) >= 11 is 5.58. The van der Waals surface area contributed by atoms with Crippen LogP contribution in [0.25, 0.3) is 0 Å². The summed E-state index contributed by atoms with van der Waals surface area (Å²) in [7, 11) is 1.66. The summed E-state index contributed by atoms with van der Waals surface area (Å²) in [4.78, 5) is 0. The van der Waals surface area contributed by atoms with Crippen molar-refractivity contribution in [2.75, 3.05) is 19.0 Å². The Kier molecular flexibility index (Phi) is 5.75. The molecule has 0 aromatic heterocycles. The number of anilines is 1. The second kappa shape index (κ2) is 8.05. The molecular formula is C21H26N2O3S. The lowest BCUT2D eigenvalue weighted by atomic mass is 9.89. The van der Waals surface area contributed by atoms with Gasteiger partial charge in [-0.25, -0.2) is 0 Å². The van der Waals surface area contributed by atoms with Crippen molar-refractivity contribution in [3.63, 3.8) is 0 Å². The number of thiocarbonyl (C=S) groups is 1. The molecule has 0 radical (unpaired) electrons. The fraction of sp³-hybridized carbons (Fsp3) is 0.381. The molecule has 0 saturated heterocycles. The molecule has 3 rings (SSSR count). The van der Waals surface area contributed by atoms with Crippen LogP contribution in [-0.4, -0.2) is 24.4 Å².